The van der Waals surface area contributed by atoms with Gasteiger partial charge in [0.05, 0.1) is 18.1 Å². The number of rotatable bonds is 5. The van der Waals surface area contributed by atoms with Crippen LogP contribution in [0.15, 0.2) is 36.8 Å². The van der Waals surface area contributed by atoms with Crippen molar-refractivity contribution in [3.05, 3.63) is 36.8 Å². The van der Waals surface area contributed by atoms with Crippen LogP contribution in [0.25, 0.3) is 11.0 Å². The van der Waals surface area contributed by atoms with Gasteiger partial charge in [-0.15, -0.1) is 0 Å². The molecule has 0 saturated heterocycles. The second-order valence-corrected chi connectivity index (χ2v) is 4.58. The van der Waals surface area contributed by atoms with Crippen LogP contribution in [-0.2, 0) is 7.05 Å². The van der Waals surface area contributed by atoms with E-state index in [1.807, 2.05) is 25.2 Å². The molecule has 2 heterocycles. The summed E-state index contributed by atoms with van der Waals surface area (Å²) in [4.78, 5) is 8.42. The van der Waals surface area contributed by atoms with Gasteiger partial charge in [0.2, 0.25) is 0 Å². The number of hydrogen-bond donors (Lipinski definition) is 2. The number of nitrogens with zero attached hydrogens (tertiary/aromatic N) is 4. The highest BCUT2D eigenvalue weighted by Gasteiger charge is 2.06. The maximum absolute atomic E-state index is 5.70. The van der Waals surface area contributed by atoms with Crippen LogP contribution in [0.1, 0.15) is 0 Å². The molecule has 0 atom stereocenters. The Hall–Kier alpha value is -2.83. The lowest BCUT2D eigenvalue weighted by molar-refractivity contribution is 0.333. The van der Waals surface area contributed by atoms with Gasteiger partial charge in [-0.1, -0.05) is 6.07 Å². The quantitative estimate of drug-likeness (QED) is 0.544. The highest BCUT2D eigenvalue weighted by Crippen LogP contribution is 2.17. The van der Waals surface area contributed by atoms with Crippen molar-refractivity contribution >= 4 is 22.5 Å². The molecule has 2 aromatic heterocycles. The van der Waals surface area contributed by atoms with E-state index in [-0.39, 0.29) is 0 Å². The maximum Gasteiger partial charge on any atom is 0.163 e. The minimum Gasteiger partial charge on any atom is -0.492 e. The Morgan fingerprint density at radius 3 is 3.10 bits per heavy atom. The molecular formula is C14H16N6O. The zero-order valence-corrected chi connectivity index (χ0v) is 11.7. The molecule has 1 aromatic carbocycles. The molecule has 7 nitrogen and oxygen atoms in total. The number of hydrogen-bond acceptors (Lipinski definition) is 6. The molecule has 21 heavy (non-hydrogen) atoms. The first-order chi connectivity index (χ1) is 10.2. The van der Waals surface area contributed by atoms with Gasteiger partial charge in [0.1, 0.15) is 24.5 Å². The molecule has 108 valence electrons. The minimum absolute atomic E-state index is 0.509. The summed E-state index contributed by atoms with van der Waals surface area (Å²) in [6.45, 7) is 1.13. The fourth-order valence-electron chi connectivity index (χ4n) is 2.05. The van der Waals surface area contributed by atoms with E-state index < -0.39 is 0 Å². The van der Waals surface area contributed by atoms with Gasteiger partial charge < -0.3 is 15.8 Å². The first-order valence-electron chi connectivity index (χ1n) is 6.59. The van der Waals surface area contributed by atoms with Crippen LogP contribution < -0.4 is 15.8 Å². The van der Waals surface area contributed by atoms with Gasteiger partial charge in [0, 0.05) is 18.8 Å². The van der Waals surface area contributed by atoms with Crippen molar-refractivity contribution in [2.75, 3.05) is 24.2 Å². The zero-order valence-electron chi connectivity index (χ0n) is 11.7. The second-order valence-electron chi connectivity index (χ2n) is 4.58. The Morgan fingerprint density at radius 1 is 1.33 bits per heavy atom. The van der Waals surface area contributed by atoms with Crippen LogP contribution >= 0.6 is 0 Å². The summed E-state index contributed by atoms with van der Waals surface area (Å²) in [5.74, 6) is 1.51. The summed E-state index contributed by atoms with van der Waals surface area (Å²) in [5, 5.41) is 8.29. The van der Waals surface area contributed by atoms with Gasteiger partial charge >= 0.3 is 0 Å². The van der Waals surface area contributed by atoms with E-state index in [4.69, 9.17) is 10.5 Å². The van der Waals surface area contributed by atoms with Gasteiger partial charge in [-0.05, 0) is 12.1 Å². The molecule has 7 heteroatoms. The summed E-state index contributed by atoms with van der Waals surface area (Å²) < 4.78 is 7.33. The number of aryl methyl sites for hydroxylation is 1. The largest absolute Gasteiger partial charge is 0.492 e. The highest BCUT2D eigenvalue weighted by molar-refractivity contribution is 5.85. The third-order valence-electron chi connectivity index (χ3n) is 3.05. The molecule has 3 N–H and O–H groups in total. The van der Waals surface area contributed by atoms with Crippen LogP contribution in [0.4, 0.5) is 11.5 Å². The minimum atomic E-state index is 0.509. The third-order valence-corrected chi connectivity index (χ3v) is 3.05. The molecule has 0 aliphatic heterocycles. The lowest BCUT2D eigenvalue weighted by Crippen LogP contribution is -2.12. The molecule has 0 spiro atoms. The lowest BCUT2D eigenvalue weighted by atomic mass is 10.3. The van der Waals surface area contributed by atoms with E-state index in [0.29, 0.717) is 18.8 Å². The molecular weight excluding hydrogens is 268 g/mol. The van der Waals surface area contributed by atoms with Gasteiger partial charge in [-0.2, -0.15) is 5.10 Å². The van der Waals surface area contributed by atoms with Crippen LogP contribution in [0.5, 0.6) is 5.75 Å². The van der Waals surface area contributed by atoms with E-state index in [1.165, 1.54) is 6.33 Å². The smallest absolute Gasteiger partial charge is 0.163 e. The van der Waals surface area contributed by atoms with E-state index in [0.717, 1.165) is 22.6 Å². The molecule has 3 aromatic rings. The first kappa shape index (κ1) is 13.2. The van der Waals surface area contributed by atoms with Gasteiger partial charge in [0.25, 0.3) is 0 Å². The normalized spacial score (nSPS) is 10.7. The van der Waals surface area contributed by atoms with Gasteiger partial charge in [-0.25, -0.2) is 9.97 Å². The average molecular weight is 284 g/mol. The first-order valence-corrected chi connectivity index (χ1v) is 6.59. The zero-order chi connectivity index (χ0) is 14.7. The van der Waals surface area contributed by atoms with Crippen molar-refractivity contribution < 1.29 is 4.74 Å². The molecule has 0 fully saturated rings. The second kappa shape index (κ2) is 5.66. The molecule has 0 aliphatic rings. The van der Waals surface area contributed by atoms with Gasteiger partial charge in [-0.3, -0.25) is 4.68 Å². The van der Waals surface area contributed by atoms with Crippen molar-refractivity contribution in [1.82, 2.24) is 19.7 Å². The Labute approximate surface area is 121 Å². The lowest BCUT2D eigenvalue weighted by Gasteiger charge is -2.08. The summed E-state index contributed by atoms with van der Waals surface area (Å²) in [7, 11) is 1.85. The number of aromatic nitrogens is 4. The number of anilines is 2. The van der Waals surface area contributed by atoms with Crippen molar-refractivity contribution in [3.8, 4) is 5.75 Å². The van der Waals surface area contributed by atoms with Crippen molar-refractivity contribution in [3.63, 3.8) is 0 Å². The molecule has 0 bridgehead atoms. The van der Waals surface area contributed by atoms with Crippen LogP contribution in [0.2, 0.25) is 0 Å². The van der Waals surface area contributed by atoms with Gasteiger partial charge in [0.15, 0.2) is 5.65 Å². The SMILES string of the molecule is Cn1ncc2c(NCCOc3cccc(N)c3)ncnc21. The van der Waals surface area contributed by atoms with E-state index in [9.17, 15) is 0 Å². The van der Waals surface area contributed by atoms with Crippen LogP contribution in [-0.4, -0.2) is 32.9 Å². The fraction of sp³-hybridized carbons (Fsp3) is 0.214. The Balaban J connectivity index is 1.60. The summed E-state index contributed by atoms with van der Waals surface area (Å²) in [6, 6.07) is 7.36. The predicted octanol–water partition coefficient (Wildman–Crippen LogP) is 1.44. The standard InChI is InChI=1S/C14H16N6O/c1-20-14-12(8-19-20)13(17-9-18-14)16-5-6-21-11-4-2-3-10(15)7-11/h2-4,7-9H,5-6,15H2,1H3,(H,16,17,18). The van der Waals surface area contributed by atoms with Crippen LogP contribution in [0.3, 0.4) is 0 Å². The van der Waals surface area contributed by atoms with Crippen molar-refractivity contribution in [2.24, 2.45) is 7.05 Å². The number of nitrogen functional groups attached to an aromatic ring is 1. The number of nitrogens with two attached hydrogens (primary N) is 1. The maximum atomic E-state index is 5.70. The number of fused-ring (bicyclic) bond motifs is 1. The molecule has 0 unspecified atom stereocenters. The monoisotopic (exact) mass is 284 g/mol. The number of nitrogens with one attached hydrogen (secondary N) is 1. The van der Waals surface area contributed by atoms with Crippen molar-refractivity contribution in [1.29, 1.82) is 0 Å². The topological polar surface area (TPSA) is 90.9 Å². The third kappa shape index (κ3) is 2.86. The predicted molar refractivity (Wildman–Crippen MR) is 81.1 cm³/mol. The highest BCUT2D eigenvalue weighted by atomic mass is 16.5. The molecule has 3 rings (SSSR count). The fourth-order valence-corrected chi connectivity index (χ4v) is 2.05. The average Bonchev–Trinajstić information content (AvgIpc) is 2.86. The number of ether oxygens (including phenoxy) is 1. The molecule has 0 saturated carbocycles. The summed E-state index contributed by atoms with van der Waals surface area (Å²) in [5.41, 5.74) is 7.18. The molecule has 0 aliphatic carbocycles. The number of benzene rings is 1. The Bertz CT molecular complexity index is 754. The summed E-state index contributed by atoms with van der Waals surface area (Å²) in [6.07, 6.45) is 3.27. The van der Waals surface area contributed by atoms with Crippen LogP contribution in [0, 0.1) is 0 Å². The van der Waals surface area contributed by atoms with Crippen molar-refractivity contribution in [2.45, 2.75) is 0 Å². The van der Waals surface area contributed by atoms with E-state index in [2.05, 4.69) is 20.4 Å². The Morgan fingerprint density at radius 2 is 2.24 bits per heavy atom. The Kier molecular flexibility index (Phi) is 3.55. The van der Waals surface area contributed by atoms with E-state index in [1.54, 1.807) is 16.9 Å². The summed E-state index contributed by atoms with van der Waals surface area (Å²) >= 11 is 0. The molecule has 0 radical (unpaired) electrons. The van der Waals surface area contributed by atoms with E-state index >= 15 is 0 Å². The molecule has 0 amide bonds.